The molecule has 0 aliphatic heterocycles. The van der Waals surface area contributed by atoms with Crippen LogP contribution in [0, 0.1) is 0 Å². The predicted molar refractivity (Wildman–Crippen MR) is 68.1 cm³/mol. The normalized spacial score (nSPS) is 10.0. The molecule has 5 nitrogen and oxygen atoms in total. The van der Waals surface area contributed by atoms with Gasteiger partial charge in [0.25, 0.3) is 0 Å². The smallest absolute Gasteiger partial charge is 0.224 e. The SMILES string of the molecule is CSc1ccccc1Oc1cc(NN)ncn1. The van der Waals surface area contributed by atoms with Crippen molar-refractivity contribution in [3.8, 4) is 11.6 Å². The Bertz CT molecular complexity index is 506. The highest BCUT2D eigenvalue weighted by atomic mass is 32.2. The molecule has 88 valence electrons. The van der Waals surface area contributed by atoms with E-state index in [1.807, 2.05) is 30.5 Å². The fourth-order valence-electron chi connectivity index (χ4n) is 1.29. The quantitative estimate of drug-likeness (QED) is 0.491. The Kier molecular flexibility index (Phi) is 3.79. The number of nitrogen functional groups attached to an aromatic ring is 1. The first-order valence-corrected chi connectivity index (χ1v) is 6.15. The minimum atomic E-state index is 0.453. The number of nitrogens with zero attached hydrogens (tertiary/aromatic N) is 2. The van der Waals surface area contributed by atoms with E-state index in [1.165, 1.54) is 6.33 Å². The molecule has 0 atom stereocenters. The number of nitrogens with one attached hydrogen (secondary N) is 1. The van der Waals surface area contributed by atoms with Gasteiger partial charge in [0.05, 0.1) is 0 Å². The van der Waals surface area contributed by atoms with Gasteiger partial charge in [0.1, 0.15) is 17.9 Å². The molecule has 0 spiro atoms. The van der Waals surface area contributed by atoms with Crippen LogP contribution in [0.3, 0.4) is 0 Å². The molecule has 1 heterocycles. The number of nitrogens with two attached hydrogens (primary N) is 1. The molecular weight excluding hydrogens is 236 g/mol. The number of hydrogen-bond donors (Lipinski definition) is 2. The van der Waals surface area contributed by atoms with Gasteiger partial charge in [-0.2, -0.15) is 0 Å². The number of benzene rings is 1. The Morgan fingerprint density at radius 3 is 2.88 bits per heavy atom. The molecule has 0 aliphatic rings. The summed E-state index contributed by atoms with van der Waals surface area (Å²) in [6, 6.07) is 9.40. The van der Waals surface area contributed by atoms with Crippen LogP contribution in [0.4, 0.5) is 5.82 Å². The molecular formula is C11H12N4OS. The van der Waals surface area contributed by atoms with Crippen molar-refractivity contribution in [2.45, 2.75) is 4.90 Å². The minimum absolute atomic E-state index is 0.453. The van der Waals surface area contributed by atoms with Gasteiger partial charge in [0.15, 0.2) is 0 Å². The van der Waals surface area contributed by atoms with Crippen molar-refractivity contribution in [3.63, 3.8) is 0 Å². The summed E-state index contributed by atoms with van der Waals surface area (Å²) in [7, 11) is 0. The Labute approximate surface area is 103 Å². The van der Waals surface area contributed by atoms with E-state index in [9.17, 15) is 0 Å². The zero-order valence-electron chi connectivity index (χ0n) is 9.25. The van der Waals surface area contributed by atoms with Crippen molar-refractivity contribution in [2.75, 3.05) is 11.7 Å². The second-order valence-electron chi connectivity index (χ2n) is 3.14. The van der Waals surface area contributed by atoms with Gasteiger partial charge < -0.3 is 10.2 Å². The van der Waals surface area contributed by atoms with Crippen LogP contribution >= 0.6 is 11.8 Å². The molecule has 0 radical (unpaired) electrons. The molecule has 1 aromatic heterocycles. The molecule has 1 aromatic carbocycles. The van der Waals surface area contributed by atoms with Crippen molar-refractivity contribution in [3.05, 3.63) is 36.7 Å². The summed E-state index contributed by atoms with van der Waals surface area (Å²) in [4.78, 5) is 8.98. The molecule has 0 saturated heterocycles. The van der Waals surface area contributed by atoms with Crippen LogP contribution in [0.5, 0.6) is 11.6 Å². The molecule has 6 heteroatoms. The number of thioether (sulfide) groups is 1. The maximum atomic E-state index is 5.68. The topological polar surface area (TPSA) is 73.1 Å². The van der Waals surface area contributed by atoms with E-state index in [0.717, 1.165) is 10.6 Å². The largest absolute Gasteiger partial charge is 0.438 e. The van der Waals surface area contributed by atoms with Crippen LogP contribution in [-0.4, -0.2) is 16.2 Å². The first-order chi connectivity index (χ1) is 8.33. The van der Waals surface area contributed by atoms with Crippen LogP contribution in [-0.2, 0) is 0 Å². The van der Waals surface area contributed by atoms with Crippen molar-refractivity contribution < 1.29 is 4.74 Å². The molecule has 3 N–H and O–H groups in total. The van der Waals surface area contributed by atoms with Gasteiger partial charge in [-0.25, -0.2) is 15.8 Å². The maximum Gasteiger partial charge on any atom is 0.224 e. The van der Waals surface area contributed by atoms with Crippen LogP contribution in [0.1, 0.15) is 0 Å². The van der Waals surface area contributed by atoms with E-state index in [0.29, 0.717) is 11.7 Å². The summed E-state index contributed by atoms with van der Waals surface area (Å²) in [5, 5.41) is 0. The zero-order valence-corrected chi connectivity index (χ0v) is 10.1. The lowest BCUT2D eigenvalue weighted by Gasteiger charge is -2.08. The lowest BCUT2D eigenvalue weighted by molar-refractivity contribution is 0.451. The molecule has 0 amide bonds. The predicted octanol–water partition coefficient (Wildman–Crippen LogP) is 2.28. The first kappa shape index (κ1) is 11.7. The van der Waals surface area contributed by atoms with Gasteiger partial charge in [-0.3, -0.25) is 0 Å². The third-order valence-electron chi connectivity index (χ3n) is 2.07. The van der Waals surface area contributed by atoms with Gasteiger partial charge in [0.2, 0.25) is 5.88 Å². The van der Waals surface area contributed by atoms with Gasteiger partial charge in [-0.1, -0.05) is 12.1 Å². The molecule has 2 rings (SSSR count). The summed E-state index contributed by atoms with van der Waals surface area (Å²) < 4.78 is 5.68. The Balaban J connectivity index is 2.24. The average molecular weight is 248 g/mol. The van der Waals surface area contributed by atoms with Gasteiger partial charge in [0, 0.05) is 11.0 Å². The van der Waals surface area contributed by atoms with Crippen LogP contribution < -0.4 is 16.0 Å². The number of rotatable bonds is 4. The van der Waals surface area contributed by atoms with E-state index in [4.69, 9.17) is 10.6 Å². The monoisotopic (exact) mass is 248 g/mol. The molecule has 17 heavy (non-hydrogen) atoms. The van der Waals surface area contributed by atoms with E-state index in [1.54, 1.807) is 17.8 Å². The van der Waals surface area contributed by atoms with Gasteiger partial charge >= 0.3 is 0 Å². The van der Waals surface area contributed by atoms with E-state index >= 15 is 0 Å². The third-order valence-corrected chi connectivity index (χ3v) is 2.85. The number of para-hydroxylation sites is 1. The number of hydrogen-bond acceptors (Lipinski definition) is 6. The highest BCUT2D eigenvalue weighted by Crippen LogP contribution is 2.30. The van der Waals surface area contributed by atoms with Crippen molar-refractivity contribution >= 4 is 17.6 Å². The Morgan fingerprint density at radius 2 is 2.12 bits per heavy atom. The summed E-state index contributed by atoms with van der Waals surface area (Å²) in [5.74, 6) is 7.00. The Hall–Kier alpha value is -1.79. The lowest BCUT2D eigenvalue weighted by atomic mass is 10.3. The van der Waals surface area contributed by atoms with Crippen LogP contribution in [0.2, 0.25) is 0 Å². The zero-order chi connectivity index (χ0) is 12.1. The van der Waals surface area contributed by atoms with Crippen LogP contribution in [0.15, 0.2) is 41.6 Å². The maximum absolute atomic E-state index is 5.68. The Morgan fingerprint density at radius 1 is 1.29 bits per heavy atom. The highest BCUT2D eigenvalue weighted by Gasteiger charge is 2.04. The molecule has 0 aliphatic carbocycles. The lowest BCUT2D eigenvalue weighted by Crippen LogP contribution is -2.08. The highest BCUT2D eigenvalue weighted by molar-refractivity contribution is 7.98. The molecule has 0 unspecified atom stereocenters. The fourth-order valence-corrected chi connectivity index (χ4v) is 1.82. The van der Waals surface area contributed by atoms with E-state index < -0.39 is 0 Å². The minimum Gasteiger partial charge on any atom is -0.438 e. The summed E-state index contributed by atoms with van der Waals surface area (Å²) in [6.07, 6.45) is 3.39. The second-order valence-corrected chi connectivity index (χ2v) is 3.99. The number of anilines is 1. The number of aromatic nitrogens is 2. The van der Waals surface area contributed by atoms with Gasteiger partial charge in [-0.05, 0) is 18.4 Å². The average Bonchev–Trinajstić information content (AvgIpc) is 2.39. The fraction of sp³-hybridized carbons (Fsp3) is 0.0909. The van der Waals surface area contributed by atoms with Crippen LogP contribution in [0.25, 0.3) is 0 Å². The third kappa shape index (κ3) is 2.86. The molecule has 0 saturated carbocycles. The van der Waals surface area contributed by atoms with Crippen molar-refractivity contribution in [1.29, 1.82) is 0 Å². The molecule has 2 aromatic rings. The van der Waals surface area contributed by atoms with Crippen molar-refractivity contribution in [2.24, 2.45) is 5.84 Å². The van der Waals surface area contributed by atoms with Crippen molar-refractivity contribution in [1.82, 2.24) is 9.97 Å². The summed E-state index contributed by atoms with van der Waals surface area (Å²) in [5.41, 5.74) is 2.45. The standard InChI is InChI=1S/C11H12N4OS/c1-17-9-5-3-2-4-8(9)16-11-6-10(15-12)13-7-14-11/h2-7H,12H2,1H3,(H,13,14,15). The first-order valence-electron chi connectivity index (χ1n) is 4.93. The van der Waals surface area contributed by atoms with E-state index in [2.05, 4.69) is 15.4 Å². The molecule has 0 fully saturated rings. The number of ether oxygens (including phenoxy) is 1. The van der Waals surface area contributed by atoms with E-state index in [-0.39, 0.29) is 0 Å². The molecule has 0 bridgehead atoms. The van der Waals surface area contributed by atoms with Gasteiger partial charge in [-0.15, -0.1) is 11.8 Å². The summed E-state index contributed by atoms with van der Waals surface area (Å²) >= 11 is 1.62. The second kappa shape index (κ2) is 5.51. The summed E-state index contributed by atoms with van der Waals surface area (Å²) in [6.45, 7) is 0. The number of hydrazine groups is 1.